The molecule has 0 aliphatic rings. The predicted octanol–water partition coefficient (Wildman–Crippen LogP) is 3.54. The van der Waals surface area contributed by atoms with Crippen LogP contribution in [0, 0.1) is 0 Å². The summed E-state index contributed by atoms with van der Waals surface area (Å²) in [5.41, 5.74) is 0. The smallest absolute Gasteiger partial charge is 0.0903 e. The van der Waals surface area contributed by atoms with Gasteiger partial charge in [-0.1, -0.05) is 47.8 Å². The highest BCUT2D eigenvalue weighted by molar-refractivity contribution is 8.76. The molecule has 0 aliphatic carbocycles. The van der Waals surface area contributed by atoms with Gasteiger partial charge in [0.1, 0.15) is 0 Å². The lowest BCUT2D eigenvalue weighted by Crippen LogP contribution is -2.21. The van der Waals surface area contributed by atoms with E-state index < -0.39 is 0 Å². The van der Waals surface area contributed by atoms with Crippen molar-refractivity contribution < 1.29 is 9.47 Å². The molecule has 1 unspecified atom stereocenters. The van der Waals surface area contributed by atoms with E-state index >= 15 is 0 Å². The van der Waals surface area contributed by atoms with Gasteiger partial charge in [0.05, 0.1) is 12.7 Å². The Bertz CT molecular complexity index is 183. The molecule has 0 heterocycles. The molecule has 0 aromatic carbocycles. The molecule has 0 radical (unpaired) electrons. The lowest BCUT2D eigenvalue weighted by atomic mass is 10.2. The summed E-state index contributed by atoms with van der Waals surface area (Å²) in [6, 6.07) is 0. The minimum Gasteiger partial charge on any atom is -0.379 e. The fourth-order valence-corrected chi connectivity index (χ4v) is 3.79. The molecule has 5 heteroatoms. The molecular weight excluding hydrogens is 278 g/mol. The second-order valence-electron chi connectivity index (χ2n) is 4.90. The van der Waals surface area contributed by atoms with Crippen LogP contribution in [0.3, 0.4) is 0 Å². The first kappa shape index (κ1) is 19.6. The summed E-state index contributed by atoms with van der Waals surface area (Å²) < 4.78 is 11.1. The first-order valence-electron chi connectivity index (χ1n) is 7.20. The quantitative estimate of drug-likeness (QED) is 0.360. The van der Waals surface area contributed by atoms with E-state index in [1.807, 2.05) is 21.6 Å². The number of methoxy groups -OCH3 is 1. The molecule has 0 aliphatic heterocycles. The molecule has 0 rings (SSSR count). The zero-order valence-electron chi connectivity index (χ0n) is 13.0. The highest BCUT2D eigenvalue weighted by Crippen LogP contribution is 2.22. The lowest BCUT2D eigenvalue weighted by molar-refractivity contribution is 0.0200. The monoisotopic (exact) mass is 309 g/mol. The summed E-state index contributed by atoms with van der Waals surface area (Å²) in [5, 5.41) is 0. The molecule has 0 spiro atoms. The van der Waals surface area contributed by atoms with E-state index in [0.29, 0.717) is 0 Å². The minimum atomic E-state index is 0.225. The normalized spacial score (nSPS) is 13.1. The standard InChI is InChI=1S/C14H31NO2S2/c1-5-6-7-8-10-17-12-14(16-4)13-19-18-11-9-15(2)3/h14H,5-13H2,1-4H3. The van der Waals surface area contributed by atoms with Crippen molar-refractivity contribution in [3.8, 4) is 0 Å². The van der Waals surface area contributed by atoms with Crippen molar-refractivity contribution in [1.82, 2.24) is 4.90 Å². The Labute approximate surface area is 127 Å². The number of nitrogens with zero attached hydrogens (tertiary/aromatic N) is 1. The SMILES string of the molecule is CCCCCCOCC(CSSCCN(C)C)OC. The van der Waals surface area contributed by atoms with Gasteiger partial charge in [-0.15, -0.1) is 0 Å². The average molecular weight is 310 g/mol. The summed E-state index contributed by atoms with van der Waals surface area (Å²) in [7, 11) is 9.79. The van der Waals surface area contributed by atoms with Gasteiger partial charge in [0.15, 0.2) is 0 Å². The van der Waals surface area contributed by atoms with Crippen molar-refractivity contribution in [2.75, 3.05) is 52.5 Å². The van der Waals surface area contributed by atoms with E-state index in [1.165, 1.54) is 25.7 Å². The molecule has 0 saturated heterocycles. The maximum Gasteiger partial charge on any atom is 0.0903 e. The van der Waals surface area contributed by atoms with Gasteiger partial charge < -0.3 is 14.4 Å². The molecule has 116 valence electrons. The average Bonchev–Trinajstić information content (AvgIpc) is 2.39. The molecule has 0 fully saturated rings. The number of hydrogen-bond acceptors (Lipinski definition) is 5. The first-order valence-corrected chi connectivity index (χ1v) is 9.69. The molecule has 0 saturated carbocycles. The van der Waals surface area contributed by atoms with E-state index in [9.17, 15) is 0 Å². The van der Waals surface area contributed by atoms with Crippen LogP contribution in [0.15, 0.2) is 0 Å². The minimum absolute atomic E-state index is 0.225. The van der Waals surface area contributed by atoms with Crippen molar-refractivity contribution in [3.63, 3.8) is 0 Å². The summed E-state index contributed by atoms with van der Waals surface area (Å²) in [6.45, 7) is 4.96. The third-order valence-electron chi connectivity index (χ3n) is 2.74. The number of rotatable bonds is 14. The Balaban J connectivity index is 3.34. The van der Waals surface area contributed by atoms with Gasteiger partial charge in [0.2, 0.25) is 0 Å². The fourth-order valence-electron chi connectivity index (χ4n) is 1.43. The van der Waals surface area contributed by atoms with E-state index in [2.05, 4.69) is 25.9 Å². The highest BCUT2D eigenvalue weighted by Gasteiger charge is 2.07. The van der Waals surface area contributed by atoms with Gasteiger partial charge in [-0.2, -0.15) is 0 Å². The van der Waals surface area contributed by atoms with Gasteiger partial charge in [-0.25, -0.2) is 0 Å². The maximum atomic E-state index is 5.67. The Morgan fingerprint density at radius 1 is 1.11 bits per heavy atom. The van der Waals surface area contributed by atoms with Crippen molar-refractivity contribution in [2.45, 2.75) is 38.7 Å². The van der Waals surface area contributed by atoms with Crippen molar-refractivity contribution in [3.05, 3.63) is 0 Å². The molecule has 19 heavy (non-hydrogen) atoms. The van der Waals surface area contributed by atoms with Crippen LogP contribution in [0.1, 0.15) is 32.6 Å². The Morgan fingerprint density at radius 3 is 2.53 bits per heavy atom. The van der Waals surface area contributed by atoms with Crippen LogP contribution in [-0.4, -0.2) is 63.5 Å². The van der Waals surface area contributed by atoms with Gasteiger partial charge in [-0.3, -0.25) is 0 Å². The van der Waals surface area contributed by atoms with E-state index in [-0.39, 0.29) is 6.10 Å². The van der Waals surface area contributed by atoms with Crippen LogP contribution in [0.2, 0.25) is 0 Å². The van der Waals surface area contributed by atoms with Crippen LogP contribution in [0.5, 0.6) is 0 Å². The molecule has 0 aromatic heterocycles. The van der Waals surface area contributed by atoms with E-state index in [1.54, 1.807) is 7.11 Å². The van der Waals surface area contributed by atoms with Crippen LogP contribution >= 0.6 is 21.6 Å². The Kier molecular flexibility index (Phi) is 15.4. The van der Waals surface area contributed by atoms with Crippen LogP contribution in [-0.2, 0) is 9.47 Å². The van der Waals surface area contributed by atoms with Crippen LogP contribution in [0.25, 0.3) is 0 Å². The summed E-state index contributed by atoms with van der Waals surface area (Å²) >= 11 is 0. The van der Waals surface area contributed by atoms with E-state index in [0.717, 1.165) is 31.3 Å². The number of unbranched alkanes of at least 4 members (excludes halogenated alkanes) is 3. The molecule has 0 N–H and O–H groups in total. The topological polar surface area (TPSA) is 21.7 Å². The molecule has 0 amide bonds. The third kappa shape index (κ3) is 14.8. The zero-order valence-corrected chi connectivity index (χ0v) is 14.7. The van der Waals surface area contributed by atoms with Crippen LogP contribution < -0.4 is 0 Å². The zero-order chi connectivity index (χ0) is 14.3. The largest absolute Gasteiger partial charge is 0.379 e. The highest BCUT2D eigenvalue weighted by atomic mass is 33.1. The molecule has 3 nitrogen and oxygen atoms in total. The van der Waals surface area contributed by atoms with Gasteiger partial charge in [0, 0.05) is 31.8 Å². The Hall–Kier alpha value is 0.580. The van der Waals surface area contributed by atoms with Gasteiger partial charge in [0.25, 0.3) is 0 Å². The predicted molar refractivity (Wildman–Crippen MR) is 89.2 cm³/mol. The van der Waals surface area contributed by atoms with Gasteiger partial charge in [-0.05, 0) is 20.5 Å². The van der Waals surface area contributed by atoms with Crippen molar-refractivity contribution in [2.24, 2.45) is 0 Å². The number of ether oxygens (including phenoxy) is 2. The summed E-state index contributed by atoms with van der Waals surface area (Å²) in [6.07, 6.45) is 5.28. The second kappa shape index (κ2) is 15.0. The molecule has 0 aromatic rings. The molecule has 0 bridgehead atoms. The van der Waals surface area contributed by atoms with Crippen molar-refractivity contribution in [1.29, 1.82) is 0 Å². The van der Waals surface area contributed by atoms with E-state index in [4.69, 9.17) is 9.47 Å². The fraction of sp³-hybridized carbons (Fsp3) is 1.00. The second-order valence-corrected chi connectivity index (χ2v) is 7.53. The molecule has 1 atom stereocenters. The molecular formula is C14H31NO2S2. The van der Waals surface area contributed by atoms with Crippen LogP contribution in [0.4, 0.5) is 0 Å². The summed E-state index contributed by atoms with van der Waals surface area (Å²) in [5.74, 6) is 2.16. The summed E-state index contributed by atoms with van der Waals surface area (Å²) in [4.78, 5) is 2.21. The maximum absolute atomic E-state index is 5.67. The van der Waals surface area contributed by atoms with Crippen molar-refractivity contribution >= 4 is 21.6 Å². The third-order valence-corrected chi connectivity index (χ3v) is 5.17. The van der Waals surface area contributed by atoms with Gasteiger partial charge >= 0.3 is 0 Å². The lowest BCUT2D eigenvalue weighted by Gasteiger charge is -2.15. The Morgan fingerprint density at radius 2 is 1.89 bits per heavy atom. The number of hydrogen-bond donors (Lipinski definition) is 0. The first-order chi connectivity index (χ1) is 9.20.